The number of carbonyl (C=O) groups excluding carboxylic acids is 2. The fourth-order valence-electron chi connectivity index (χ4n) is 8.35. The Morgan fingerprint density at radius 2 is 2.07 bits per heavy atom. The van der Waals surface area contributed by atoms with Gasteiger partial charge in [-0.05, 0) is 69.8 Å². The summed E-state index contributed by atoms with van der Waals surface area (Å²) in [5.41, 5.74) is 0.570. The standard InChI is InChI=1S/C32H44FN7O3/c1-4-27(41)40-16-15-39(19-22(40)11-13-34)29-24-10-12-32(17-21-7-5-9-25(33)28(21)30(42)38(32)3)18-26(24)35-31(36-29)43-20-23-8-6-14-37(23)2/h4-5,7,9,22-24,26,29,31,35-36H,1,6,8,10-12,14-20H2,2-3H3/t22-,23-,24?,26?,29?,31?,32-/m1/s1. The summed E-state index contributed by atoms with van der Waals surface area (Å²) in [7, 11) is 3.96. The van der Waals surface area contributed by atoms with Crippen molar-refractivity contribution < 1.29 is 18.7 Å². The highest BCUT2D eigenvalue weighted by Crippen LogP contribution is 2.45. The molecule has 10 nitrogen and oxygen atoms in total. The fraction of sp³-hybridized carbons (Fsp3) is 0.656. The van der Waals surface area contributed by atoms with E-state index in [0.717, 1.165) is 37.8 Å². The Morgan fingerprint density at radius 1 is 1.23 bits per heavy atom. The molecule has 5 aliphatic rings. The van der Waals surface area contributed by atoms with E-state index in [4.69, 9.17) is 4.74 Å². The largest absolute Gasteiger partial charge is 0.348 e. The number of rotatable bonds is 6. The number of likely N-dealkylation sites (N-methyl/N-ethyl adjacent to an activating group) is 2. The first-order valence-electron chi connectivity index (χ1n) is 15.7. The summed E-state index contributed by atoms with van der Waals surface area (Å²) in [4.78, 5) is 34.3. The van der Waals surface area contributed by atoms with E-state index in [-0.39, 0.29) is 54.3 Å². The molecule has 4 unspecified atom stereocenters. The predicted molar refractivity (Wildman–Crippen MR) is 159 cm³/mol. The maximum Gasteiger partial charge on any atom is 0.257 e. The van der Waals surface area contributed by atoms with Crippen molar-refractivity contribution in [2.75, 3.05) is 46.9 Å². The highest BCUT2D eigenvalue weighted by Gasteiger charge is 2.53. The molecule has 43 heavy (non-hydrogen) atoms. The van der Waals surface area contributed by atoms with Gasteiger partial charge in [0.25, 0.3) is 5.91 Å². The van der Waals surface area contributed by atoms with E-state index in [1.807, 2.05) is 13.1 Å². The second kappa shape index (κ2) is 12.3. The molecule has 7 atom stereocenters. The molecule has 0 aromatic heterocycles. The molecule has 1 aromatic carbocycles. The molecular weight excluding hydrogens is 549 g/mol. The van der Waals surface area contributed by atoms with Crippen LogP contribution in [0, 0.1) is 23.1 Å². The highest BCUT2D eigenvalue weighted by molar-refractivity contribution is 5.97. The van der Waals surface area contributed by atoms with Crippen molar-refractivity contribution in [3.05, 3.63) is 47.8 Å². The first-order valence-corrected chi connectivity index (χ1v) is 15.7. The van der Waals surface area contributed by atoms with Crippen LogP contribution in [0.4, 0.5) is 4.39 Å². The average Bonchev–Trinajstić information content (AvgIpc) is 3.42. The molecular formula is C32H44FN7O3. The van der Waals surface area contributed by atoms with Gasteiger partial charge in [0.2, 0.25) is 5.91 Å². The summed E-state index contributed by atoms with van der Waals surface area (Å²) in [6, 6.07) is 7.44. The third-order valence-corrected chi connectivity index (χ3v) is 10.8. The summed E-state index contributed by atoms with van der Waals surface area (Å²) in [6.07, 6.45) is 6.49. The third kappa shape index (κ3) is 5.60. The molecule has 1 saturated carbocycles. The number of ether oxygens (including phenoxy) is 1. The lowest BCUT2D eigenvalue weighted by molar-refractivity contribution is -0.137. The molecule has 232 valence electrons. The Kier molecular flexibility index (Phi) is 8.59. The number of hydrogen-bond donors (Lipinski definition) is 2. The van der Waals surface area contributed by atoms with Gasteiger partial charge < -0.3 is 19.4 Å². The number of likely N-dealkylation sites (tertiary alicyclic amines) is 1. The molecule has 4 fully saturated rings. The van der Waals surface area contributed by atoms with E-state index >= 15 is 0 Å². The highest BCUT2D eigenvalue weighted by atomic mass is 19.1. The van der Waals surface area contributed by atoms with E-state index in [1.54, 1.807) is 15.9 Å². The quantitative estimate of drug-likeness (QED) is 0.482. The first kappa shape index (κ1) is 30.2. The molecule has 6 rings (SSSR count). The van der Waals surface area contributed by atoms with Crippen LogP contribution in [0.25, 0.3) is 0 Å². The van der Waals surface area contributed by atoms with Crippen molar-refractivity contribution >= 4 is 11.8 Å². The summed E-state index contributed by atoms with van der Waals surface area (Å²) in [5, 5.41) is 17.1. The maximum absolute atomic E-state index is 14.7. The Morgan fingerprint density at radius 3 is 2.81 bits per heavy atom. The molecule has 1 aromatic rings. The number of halogens is 1. The van der Waals surface area contributed by atoms with E-state index in [2.05, 4.69) is 40.1 Å². The van der Waals surface area contributed by atoms with E-state index in [9.17, 15) is 19.2 Å². The van der Waals surface area contributed by atoms with Crippen LogP contribution in [0.5, 0.6) is 0 Å². The second-order valence-electron chi connectivity index (χ2n) is 13.1. The topological polar surface area (TPSA) is 104 Å². The lowest BCUT2D eigenvalue weighted by Crippen LogP contribution is -2.74. The smallest absolute Gasteiger partial charge is 0.257 e. The third-order valence-electron chi connectivity index (χ3n) is 10.8. The van der Waals surface area contributed by atoms with Gasteiger partial charge in [-0.25, -0.2) is 4.39 Å². The van der Waals surface area contributed by atoms with Gasteiger partial charge in [0.15, 0.2) is 6.35 Å². The van der Waals surface area contributed by atoms with Crippen molar-refractivity contribution in [2.24, 2.45) is 5.92 Å². The molecule has 2 N–H and O–H groups in total. The predicted octanol–water partition coefficient (Wildman–Crippen LogP) is 1.89. The Hall–Kier alpha value is -2.88. The molecule has 0 bridgehead atoms. The van der Waals surface area contributed by atoms with Gasteiger partial charge >= 0.3 is 0 Å². The van der Waals surface area contributed by atoms with Crippen LogP contribution < -0.4 is 10.6 Å². The second-order valence-corrected chi connectivity index (χ2v) is 13.1. The minimum Gasteiger partial charge on any atom is -0.348 e. The zero-order chi connectivity index (χ0) is 30.3. The molecule has 1 spiro atoms. The molecule has 0 radical (unpaired) electrons. The Balaban J connectivity index is 1.25. The normalized spacial score (nSPS) is 35.0. The number of nitrogens with one attached hydrogen (secondary N) is 2. The lowest BCUT2D eigenvalue weighted by Gasteiger charge is -2.58. The van der Waals surface area contributed by atoms with E-state index in [0.29, 0.717) is 38.7 Å². The van der Waals surface area contributed by atoms with Crippen LogP contribution in [0.3, 0.4) is 0 Å². The van der Waals surface area contributed by atoms with Gasteiger partial charge in [0, 0.05) is 50.2 Å². The summed E-state index contributed by atoms with van der Waals surface area (Å²) < 4.78 is 21.2. The van der Waals surface area contributed by atoms with E-state index < -0.39 is 11.4 Å². The number of hydrogen-bond acceptors (Lipinski definition) is 8. The molecule has 4 heterocycles. The number of benzene rings is 1. The zero-order valence-electron chi connectivity index (χ0n) is 25.3. The van der Waals surface area contributed by atoms with Gasteiger partial charge in [-0.3, -0.25) is 25.1 Å². The molecule has 11 heteroatoms. The number of carbonyl (C=O) groups is 2. The number of fused-ring (bicyclic) bond motifs is 2. The van der Waals surface area contributed by atoms with Crippen LogP contribution in [0.15, 0.2) is 30.9 Å². The van der Waals surface area contributed by atoms with Gasteiger partial charge in [-0.1, -0.05) is 18.7 Å². The van der Waals surface area contributed by atoms with Crippen molar-refractivity contribution in [1.29, 1.82) is 5.26 Å². The Labute approximate surface area is 253 Å². The summed E-state index contributed by atoms with van der Waals surface area (Å²) >= 11 is 0. The van der Waals surface area contributed by atoms with Gasteiger partial charge in [-0.15, -0.1) is 0 Å². The average molecular weight is 594 g/mol. The van der Waals surface area contributed by atoms with Crippen LogP contribution in [-0.2, 0) is 16.0 Å². The molecule has 2 amide bonds. The van der Waals surface area contributed by atoms with Crippen LogP contribution in [0.1, 0.15) is 54.4 Å². The molecule has 1 aliphatic carbocycles. The molecule has 3 saturated heterocycles. The molecule has 4 aliphatic heterocycles. The monoisotopic (exact) mass is 593 g/mol. The Bertz CT molecular complexity index is 1290. The zero-order valence-corrected chi connectivity index (χ0v) is 25.3. The van der Waals surface area contributed by atoms with Crippen molar-refractivity contribution in [2.45, 2.75) is 81.1 Å². The fourth-order valence-corrected chi connectivity index (χ4v) is 8.35. The summed E-state index contributed by atoms with van der Waals surface area (Å²) in [5.74, 6) is -0.618. The minimum absolute atomic E-state index is 0.0218. The maximum atomic E-state index is 14.7. The lowest BCUT2D eigenvalue weighted by atomic mass is 9.66. The summed E-state index contributed by atoms with van der Waals surface area (Å²) in [6.45, 7) is 7.14. The number of nitrogens with zero attached hydrogens (tertiary/aromatic N) is 5. The van der Waals surface area contributed by atoms with Crippen LogP contribution >= 0.6 is 0 Å². The van der Waals surface area contributed by atoms with Gasteiger partial charge in [0.1, 0.15) is 5.82 Å². The first-order chi connectivity index (χ1) is 20.7. The van der Waals surface area contributed by atoms with Crippen LogP contribution in [-0.4, -0.2) is 114 Å². The SMILES string of the molecule is C=CC(=O)N1CCN(C2NC(OC[C@H]3CCCN3C)NC3C[C@@]4(CCC32)Cc2cccc(F)c2C(=O)N4C)C[C@H]1CC#N. The minimum atomic E-state index is -0.454. The van der Waals surface area contributed by atoms with Crippen molar-refractivity contribution in [1.82, 2.24) is 30.2 Å². The van der Waals surface area contributed by atoms with Crippen molar-refractivity contribution in [3.8, 4) is 6.07 Å². The number of piperazine rings is 1. The van der Waals surface area contributed by atoms with Crippen LogP contribution in [0.2, 0.25) is 0 Å². The van der Waals surface area contributed by atoms with Gasteiger partial charge in [-0.2, -0.15) is 5.26 Å². The van der Waals surface area contributed by atoms with Gasteiger partial charge in [0.05, 0.1) is 36.9 Å². The van der Waals surface area contributed by atoms with E-state index in [1.165, 1.54) is 18.6 Å². The van der Waals surface area contributed by atoms with Crippen molar-refractivity contribution in [3.63, 3.8) is 0 Å². The number of amides is 2. The number of nitriles is 1.